The summed E-state index contributed by atoms with van der Waals surface area (Å²) in [6.07, 6.45) is 1.04. The van der Waals surface area contributed by atoms with Crippen LogP contribution >= 0.6 is 0 Å². The van der Waals surface area contributed by atoms with Crippen LogP contribution in [-0.4, -0.2) is 46.2 Å². The number of hydrogen-bond donors (Lipinski definition) is 1. The van der Waals surface area contributed by atoms with Crippen LogP contribution in [0.3, 0.4) is 0 Å². The smallest absolute Gasteiger partial charge is 0.119 e. The second kappa shape index (κ2) is 12.6. The SMILES string of the molecule is CCCOCCOCCOCCOc1cccc(CN)c1. The molecule has 0 saturated carbocycles. The van der Waals surface area contributed by atoms with Crippen molar-refractivity contribution in [3.8, 4) is 5.75 Å². The summed E-state index contributed by atoms with van der Waals surface area (Å²) in [5, 5.41) is 0. The normalized spacial score (nSPS) is 10.8. The molecule has 5 heteroatoms. The van der Waals surface area contributed by atoms with Crippen LogP contribution in [0.4, 0.5) is 0 Å². The van der Waals surface area contributed by atoms with Gasteiger partial charge in [-0.1, -0.05) is 19.1 Å². The zero-order valence-corrected chi connectivity index (χ0v) is 12.9. The van der Waals surface area contributed by atoms with E-state index in [1.807, 2.05) is 24.3 Å². The molecule has 0 unspecified atom stereocenters. The first kappa shape index (κ1) is 17.9. The summed E-state index contributed by atoms with van der Waals surface area (Å²) in [5.74, 6) is 0.825. The van der Waals surface area contributed by atoms with E-state index in [2.05, 4.69) is 6.92 Å². The molecule has 0 bridgehead atoms. The lowest BCUT2D eigenvalue weighted by molar-refractivity contribution is 0.00945. The molecule has 1 aromatic carbocycles. The molecular formula is C16H27NO4. The van der Waals surface area contributed by atoms with Crippen molar-refractivity contribution in [1.82, 2.24) is 0 Å². The summed E-state index contributed by atoms with van der Waals surface area (Å²) in [6.45, 7) is 6.88. The van der Waals surface area contributed by atoms with Gasteiger partial charge in [0.1, 0.15) is 12.4 Å². The van der Waals surface area contributed by atoms with Gasteiger partial charge in [0.15, 0.2) is 0 Å². The van der Waals surface area contributed by atoms with Crippen LogP contribution in [0.25, 0.3) is 0 Å². The van der Waals surface area contributed by atoms with Crippen LogP contribution in [0.1, 0.15) is 18.9 Å². The first-order valence-electron chi connectivity index (χ1n) is 7.52. The maximum Gasteiger partial charge on any atom is 0.119 e. The Morgan fingerprint density at radius 3 is 2.10 bits per heavy atom. The molecule has 0 radical (unpaired) electrons. The van der Waals surface area contributed by atoms with E-state index >= 15 is 0 Å². The average Bonchev–Trinajstić information content (AvgIpc) is 2.53. The second-order valence-corrected chi connectivity index (χ2v) is 4.54. The van der Waals surface area contributed by atoms with E-state index in [0.29, 0.717) is 46.2 Å². The molecule has 0 heterocycles. The maximum absolute atomic E-state index is 5.58. The molecule has 120 valence electrons. The summed E-state index contributed by atoms with van der Waals surface area (Å²) in [6, 6.07) is 7.77. The van der Waals surface area contributed by atoms with Crippen molar-refractivity contribution in [3.63, 3.8) is 0 Å². The van der Waals surface area contributed by atoms with Crippen LogP contribution in [-0.2, 0) is 20.8 Å². The van der Waals surface area contributed by atoms with Crippen LogP contribution in [0.2, 0.25) is 0 Å². The highest BCUT2D eigenvalue weighted by Crippen LogP contribution is 2.12. The lowest BCUT2D eigenvalue weighted by Crippen LogP contribution is -2.13. The Labute approximate surface area is 127 Å². The molecule has 5 nitrogen and oxygen atoms in total. The van der Waals surface area contributed by atoms with Crippen molar-refractivity contribution < 1.29 is 18.9 Å². The van der Waals surface area contributed by atoms with Crippen LogP contribution in [0, 0.1) is 0 Å². The standard InChI is InChI=1S/C16H27NO4/c1-2-6-18-7-8-19-9-10-20-11-12-21-16-5-3-4-15(13-16)14-17/h3-5,13H,2,6-12,14,17H2,1H3. The fourth-order valence-corrected chi connectivity index (χ4v) is 1.67. The monoisotopic (exact) mass is 297 g/mol. The van der Waals surface area contributed by atoms with Gasteiger partial charge in [0.05, 0.1) is 33.0 Å². The number of nitrogens with two attached hydrogens (primary N) is 1. The molecular weight excluding hydrogens is 270 g/mol. The van der Waals surface area contributed by atoms with Crippen molar-refractivity contribution in [2.24, 2.45) is 5.73 Å². The molecule has 0 amide bonds. The van der Waals surface area contributed by atoms with Gasteiger partial charge in [-0.3, -0.25) is 0 Å². The third-order valence-electron chi connectivity index (χ3n) is 2.72. The topological polar surface area (TPSA) is 62.9 Å². The molecule has 0 saturated heterocycles. The number of rotatable bonds is 13. The highest BCUT2D eigenvalue weighted by Gasteiger charge is 1.96. The Hall–Kier alpha value is -1.14. The van der Waals surface area contributed by atoms with E-state index in [1.165, 1.54) is 0 Å². The lowest BCUT2D eigenvalue weighted by Gasteiger charge is -2.08. The predicted molar refractivity (Wildman–Crippen MR) is 82.6 cm³/mol. The summed E-state index contributed by atoms with van der Waals surface area (Å²) in [5.41, 5.74) is 6.64. The van der Waals surface area contributed by atoms with Crippen molar-refractivity contribution in [3.05, 3.63) is 29.8 Å². The zero-order valence-electron chi connectivity index (χ0n) is 12.9. The van der Waals surface area contributed by atoms with E-state index < -0.39 is 0 Å². The van der Waals surface area contributed by atoms with Crippen molar-refractivity contribution in [1.29, 1.82) is 0 Å². The van der Waals surface area contributed by atoms with Gasteiger partial charge in [-0.05, 0) is 24.1 Å². The van der Waals surface area contributed by atoms with Gasteiger partial charge in [-0.2, -0.15) is 0 Å². The largest absolute Gasteiger partial charge is 0.491 e. The molecule has 2 N–H and O–H groups in total. The van der Waals surface area contributed by atoms with Crippen LogP contribution < -0.4 is 10.5 Å². The third-order valence-corrected chi connectivity index (χ3v) is 2.72. The van der Waals surface area contributed by atoms with Gasteiger partial charge < -0.3 is 24.7 Å². The molecule has 0 aliphatic carbocycles. The summed E-state index contributed by atoms with van der Waals surface area (Å²) < 4.78 is 21.7. The molecule has 1 rings (SSSR count). The van der Waals surface area contributed by atoms with E-state index in [1.54, 1.807) is 0 Å². The fourth-order valence-electron chi connectivity index (χ4n) is 1.67. The Morgan fingerprint density at radius 1 is 0.857 bits per heavy atom. The summed E-state index contributed by atoms with van der Waals surface area (Å²) in [4.78, 5) is 0. The average molecular weight is 297 g/mol. The summed E-state index contributed by atoms with van der Waals surface area (Å²) in [7, 11) is 0. The Bertz CT molecular complexity index is 360. The van der Waals surface area contributed by atoms with Gasteiger partial charge in [-0.15, -0.1) is 0 Å². The number of ether oxygens (including phenoxy) is 4. The molecule has 1 aromatic rings. The zero-order chi connectivity index (χ0) is 15.2. The second-order valence-electron chi connectivity index (χ2n) is 4.54. The lowest BCUT2D eigenvalue weighted by atomic mass is 10.2. The van der Waals surface area contributed by atoms with Crippen molar-refractivity contribution in [2.75, 3.05) is 46.2 Å². The molecule has 0 spiro atoms. The number of hydrogen-bond acceptors (Lipinski definition) is 5. The molecule has 21 heavy (non-hydrogen) atoms. The maximum atomic E-state index is 5.58. The molecule has 0 atom stereocenters. The van der Waals surface area contributed by atoms with Gasteiger partial charge >= 0.3 is 0 Å². The highest BCUT2D eigenvalue weighted by atomic mass is 16.6. The van der Waals surface area contributed by atoms with Gasteiger partial charge in [-0.25, -0.2) is 0 Å². The molecule has 0 fully saturated rings. The molecule has 0 aliphatic heterocycles. The van der Waals surface area contributed by atoms with Crippen molar-refractivity contribution in [2.45, 2.75) is 19.9 Å². The minimum absolute atomic E-state index is 0.521. The first-order valence-corrected chi connectivity index (χ1v) is 7.52. The highest BCUT2D eigenvalue weighted by molar-refractivity contribution is 5.28. The molecule has 0 aliphatic rings. The quantitative estimate of drug-likeness (QED) is 0.564. The minimum atomic E-state index is 0.521. The van der Waals surface area contributed by atoms with E-state index in [0.717, 1.165) is 24.3 Å². The Balaban J connectivity index is 1.90. The predicted octanol–water partition coefficient (Wildman–Crippen LogP) is 1.98. The Morgan fingerprint density at radius 2 is 1.48 bits per heavy atom. The Kier molecular flexibility index (Phi) is 10.7. The van der Waals surface area contributed by atoms with E-state index in [-0.39, 0.29) is 0 Å². The third kappa shape index (κ3) is 9.42. The first-order chi connectivity index (χ1) is 10.4. The van der Waals surface area contributed by atoms with Gasteiger partial charge in [0.2, 0.25) is 0 Å². The van der Waals surface area contributed by atoms with Crippen LogP contribution in [0.15, 0.2) is 24.3 Å². The fraction of sp³-hybridized carbons (Fsp3) is 0.625. The van der Waals surface area contributed by atoms with Crippen molar-refractivity contribution >= 4 is 0 Å². The van der Waals surface area contributed by atoms with E-state index in [9.17, 15) is 0 Å². The van der Waals surface area contributed by atoms with Gasteiger partial charge in [0, 0.05) is 13.2 Å². The van der Waals surface area contributed by atoms with Crippen LogP contribution in [0.5, 0.6) is 5.75 Å². The minimum Gasteiger partial charge on any atom is -0.491 e. The van der Waals surface area contributed by atoms with E-state index in [4.69, 9.17) is 24.7 Å². The van der Waals surface area contributed by atoms with Gasteiger partial charge in [0.25, 0.3) is 0 Å². The number of benzene rings is 1. The summed E-state index contributed by atoms with van der Waals surface area (Å²) >= 11 is 0. The molecule has 0 aromatic heterocycles.